The molecule has 161 valence electrons. The third kappa shape index (κ3) is 4.14. The molecule has 5 nitrogen and oxygen atoms in total. The van der Waals surface area contributed by atoms with Crippen molar-refractivity contribution in [3.05, 3.63) is 88.2 Å². The summed E-state index contributed by atoms with van der Waals surface area (Å²) in [5, 5.41) is 2.86. The molecule has 0 atom stereocenters. The van der Waals surface area contributed by atoms with E-state index in [1.807, 2.05) is 0 Å². The monoisotopic (exact) mass is 443 g/mol. The Hall–Kier alpha value is -3.89. The lowest BCUT2D eigenvalue weighted by molar-refractivity contribution is -0.137. The molecule has 3 aromatic carbocycles. The van der Waals surface area contributed by atoms with E-state index in [0.717, 1.165) is 28.9 Å². The molecule has 3 N–H and O–H groups in total. The van der Waals surface area contributed by atoms with Gasteiger partial charge in [0.25, 0.3) is 13.0 Å². The van der Waals surface area contributed by atoms with E-state index in [1.165, 1.54) is 43.8 Å². The Bertz CT molecular complexity index is 1370. The quantitative estimate of drug-likeness (QED) is 0.288. The van der Waals surface area contributed by atoms with Crippen molar-refractivity contribution in [1.82, 2.24) is 9.66 Å². The SMILES string of the molecule is Nn1c(N[B]c2ccc(C(F)(F)F)cc2)nc2cc(-c3ccc(F)cc3F)ccc2c1=O. The van der Waals surface area contributed by atoms with Crippen molar-refractivity contribution in [3.63, 3.8) is 0 Å². The average Bonchev–Trinajstić information content (AvgIpc) is 2.74. The summed E-state index contributed by atoms with van der Waals surface area (Å²) in [5.41, 5.74) is -0.317. The molecule has 11 heteroatoms. The van der Waals surface area contributed by atoms with E-state index < -0.39 is 28.9 Å². The van der Waals surface area contributed by atoms with Crippen molar-refractivity contribution in [1.29, 1.82) is 0 Å². The highest BCUT2D eigenvalue weighted by atomic mass is 19.4. The second-order valence-electron chi connectivity index (χ2n) is 6.88. The first kappa shape index (κ1) is 21.4. The highest BCUT2D eigenvalue weighted by molar-refractivity contribution is 6.56. The largest absolute Gasteiger partial charge is 0.416 e. The molecule has 0 amide bonds. The summed E-state index contributed by atoms with van der Waals surface area (Å²) in [5.74, 6) is 4.22. The third-order valence-electron chi connectivity index (χ3n) is 4.75. The van der Waals surface area contributed by atoms with Gasteiger partial charge in [0.15, 0.2) is 0 Å². The zero-order valence-corrected chi connectivity index (χ0v) is 16.1. The molecule has 0 aliphatic rings. The van der Waals surface area contributed by atoms with E-state index in [-0.39, 0.29) is 22.4 Å². The molecule has 4 rings (SSSR count). The first-order valence-corrected chi connectivity index (χ1v) is 9.18. The maximum atomic E-state index is 14.1. The number of rotatable bonds is 4. The minimum absolute atomic E-state index is 0.0841. The van der Waals surface area contributed by atoms with Gasteiger partial charge in [0, 0.05) is 11.6 Å². The molecule has 0 saturated heterocycles. The lowest BCUT2D eigenvalue weighted by Gasteiger charge is -2.12. The van der Waals surface area contributed by atoms with Crippen LogP contribution in [-0.4, -0.2) is 17.1 Å². The maximum Gasteiger partial charge on any atom is 0.416 e. The predicted molar refractivity (Wildman–Crippen MR) is 112 cm³/mol. The molecule has 0 fully saturated rings. The molecule has 0 spiro atoms. The Kier molecular flexibility index (Phi) is 5.33. The standard InChI is InChI=1S/C21H13BF5N4O/c23-14-6-8-15(17(24)10-14)11-1-7-16-18(9-11)29-20(31(28)19(16)32)30-22-13-4-2-12(3-5-13)21(25,26)27/h1-10H,28H2,(H,29,30). The maximum absolute atomic E-state index is 14.1. The van der Waals surface area contributed by atoms with Crippen LogP contribution in [0.1, 0.15) is 5.56 Å². The summed E-state index contributed by atoms with van der Waals surface area (Å²) in [6, 6.07) is 11.8. The Morgan fingerprint density at radius 2 is 1.69 bits per heavy atom. The number of aromatic nitrogens is 2. The van der Waals surface area contributed by atoms with Crippen molar-refractivity contribution in [2.24, 2.45) is 0 Å². The van der Waals surface area contributed by atoms with Gasteiger partial charge in [-0.3, -0.25) is 4.79 Å². The van der Waals surface area contributed by atoms with Crippen LogP contribution < -0.4 is 22.1 Å². The van der Waals surface area contributed by atoms with Gasteiger partial charge in [-0.05, 0) is 29.8 Å². The number of alkyl halides is 3. The van der Waals surface area contributed by atoms with Gasteiger partial charge in [0.05, 0.1) is 16.5 Å². The van der Waals surface area contributed by atoms with Crippen LogP contribution in [0.2, 0.25) is 0 Å². The van der Waals surface area contributed by atoms with Gasteiger partial charge in [-0.25, -0.2) is 13.8 Å². The number of hydrogen-bond acceptors (Lipinski definition) is 4. The van der Waals surface area contributed by atoms with Crippen LogP contribution in [0.4, 0.5) is 27.9 Å². The smallest absolute Gasteiger partial charge is 0.396 e. The Morgan fingerprint density at radius 3 is 2.34 bits per heavy atom. The topological polar surface area (TPSA) is 72.9 Å². The molecule has 32 heavy (non-hydrogen) atoms. The van der Waals surface area contributed by atoms with Gasteiger partial charge in [0.1, 0.15) is 11.6 Å². The summed E-state index contributed by atoms with van der Waals surface area (Å²) in [6.07, 6.45) is -4.45. The number of nitrogen functional groups attached to an aromatic ring is 1. The van der Waals surface area contributed by atoms with Crippen LogP contribution >= 0.6 is 0 Å². The number of anilines is 1. The number of nitrogens with one attached hydrogen (secondary N) is 1. The molecule has 0 aliphatic heterocycles. The normalized spacial score (nSPS) is 11.5. The zero-order chi connectivity index (χ0) is 23.0. The molecule has 1 aromatic heterocycles. The predicted octanol–water partition coefficient (Wildman–Crippen LogP) is 3.43. The van der Waals surface area contributed by atoms with Gasteiger partial charge >= 0.3 is 6.18 Å². The van der Waals surface area contributed by atoms with Crippen LogP contribution in [0.25, 0.3) is 22.0 Å². The van der Waals surface area contributed by atoms with E-state index in [9.17, 15) is 26.7 Å². The van der Waals surface area contributed by atoms with Gasteiger partial charge in [-0.2, -0.15) is 17.8 Å². The fraction of sp³-hybridized carbons (Fsp3) is 0.0476. The lowest BCUT2D eigenvalue weighted by atomic mass is 9.83. The molecule has 0 bridgehead atoms. The number of nitrogens with zero attached hydrogens (tertiary/aromatic N) is 2. The molecular weight excluding hydrogens is 430 g/mol. The molecular formula is C21H13BF5N4O. The van der Waals surface area contributed by atoms with Gasteiger partial charge in [-0.15, -0.1) is 0 Å². The molecule has 0 aliphatic carbocycles. The number of hydrogen-bond donors (Lipinski definition) is 2. The first-order valence-electron chi connectivity index (χ1n) is 9.18. The zero-order valence-electron chi connectivity index (χ0n) is 16.1. The van der Waals surface area contributed by atoms with Crippen molar-refractivity contribution >= 4 is 29.7 Å². The molecule has 0 unspecified atom stereocenters. The van der Waals surface area contributed by atoms with Crippen LogP contribution in [-0.2, 0) is 6.18 Å². The number of fused-ring (bicyclic) bond motifs is 1. The van der Waals surface area contributed by atoms with Crippen molar-refractivity contribution in [2.45, 2.75) is 6.18 Å². The van der Waals surface area contributed by atoms with E-state index in [0.29, 0.717) is 11.0 Å². The van der Waals surface area contributed by atoms with Crippen molar-refractivity contribution in [2.75, 3.05) is 11.1 Å². The van der Waals surface area contributed by atoms with Gasteiger partial charge in [0.2, 0.25) is 5.95 Å². The van der Waals surface area contributed by atoms with E-state index in [4.69, 9.17) is 5.84 Å². The molecule has 0 saturated carbocycles. The second kappa shape index (κ2) is 7.99. The molecule has 1 radical (unpaired) electrons. The summed E-state index contributed by atoms with van der Waals surface area (Å²) in [6.45, 7) is 0. The highest BCUT2D eigenvalue weighted by Gasteiger charge is 2.29. The Morgan fingerprint density at radius 1 is 0.969 bits per heavy atom. The number of nitrogens with two attached hydrogens (primary N) is 1. The summed E-state index contributed by atoms with van der Waals surface area (Å²) >= 11 is 0. The van der Waals surface area contributed by atoms with Crippen LogP contribution in [0.3, 0.4) is 0 Å². The van der Waals surface area contributed by atoms with Crippen molar-refractivity contribution < 1.29 is 22.0 Å². The Labute approximate surface area is 178 Å². The van der Waals surface area contributed by atoms with Gasteiger partial charge < -0.3 is 11.1 Å². The third-order valence-corrected chi connectivity index (χ3v) is 4.75. The van der Waals surface area contributed by atoms with E-state index >= 15 is 0 Å². The van der Waals surface area contributed by atoms with Crippen LogP contribution in [0.5, 0.6) is 0 Å². The van der Waals surface area contributed by atoms with Crippen LogP contribution in [0, 0.1) is 11.6 Å². The summed E-state index contributed by atoms with van der Waals surface area (Å²) in [4.78, 5) is 16.8. The summed E-state index contributed by atoms with van der Waals surface area (Å²) < 4.78 is 66.1. The van der Waals surface area contributed by atoms with Gasteiger partial charge in [-0.1, -0.05) is 35.8 Å². The fourth-order valence-electron chi connectivity index (χ4n) is 3.11. The lowest BCUT2D eigenvalue weighted by Crippen LogP contribution is -2.34. The first-order chi connectivity index (χ1) is 15.1. The summed E-state index contributed by atoms with van der Waals surface area (Å²) in [7, 11) is 1.33. The minimum atomic E-state index is -4.45. The van der Waals surface area contributed by atoms with E-state index in [2.05, 4.69) is 10.2 Å². The fourth-order valence-corrected chi connectivity index (χ4v) is 3.11. The highest BCUT2D eigenvalue weighted by Crippen LogP contribution is 2.28. The minimum Gasteiger partial charge on any atom is -0.396 e. The Balaban J connectivity index is 1.66. The molecule has 4 aromatic rings. The average molecular weight is 443 g/mol. The van der Waals surface area contributed by atoms with Crippen molar-refractivity contribution in [3.8, 4) is 11.1 Å². The van der Waals surface area contributed by atoms with E-state index in [1.54, 1.807) is 0 Å². The number of halogens is 5. The number of benzene rings is 3. The second-order valence-corrected chi connectivity index (χ2v) is 6.88. The van der Waals surface area contributed by atoms with Crippen LogP contribution in [0.15, 0.2) is 65.5 Å². The molecule has 1 heterocycles.